The van der Waals surface area contributed by atoms with Gasteiger partial charge >= 0.3 is 0 Å². The van der Waals surface area contributed by atoms with Crippen LogP contribution in [0.1, 0.15) is 23.1 Å². The summed E-state index contributed by atoms with van der Waals surface area (Å²) in [5.41, 5.74) is 0.810. The van der Waals surface area contributed by atoms with E-state index in [1.54, 1.807) is 6.92 Å². The lowest BCUT2D eigenvalue weighted by Crippen LogP contribution is -2.38. The van der Waals surface area contributed by atoms with E-state index < -0.39 is 21.1 Å². The number of Topliss-reactive ketones (excluding diaryl/α,β-unsaturated/α-hetero) is 1. The second kappa shape index (κ2) is 4.93. The van der Waals surface area contributed by atoms with E-state index in [9.17, 15) is 13.2 Å². The number of carbonyl (C=O) groups excluding carboxylic acids is 1. The molecule has 0 aliphatic heterocycles. The molecule has 0 radical (unpaired) electrons. The van der Waals surface area contributed by atoms with Crippen LogP contribution in [0.5, 0.6) is 0 Å². The number of sulfonamides is 1. The number of ketones is 1. The Labute approximate surface area is 102 Å². The highest BCUT2D eigenvalue weighted by Gasteiger charge is 2.31. The van der Waals surface area contributed by atoms with Gasteiger partial charge < -0.3 is 0 Å². The van der Waals surface area contributed by atoms with E-state index in [0.29, 0.717) is 0 Å². The maximum atomic E-state index is 11.9. The van der Waals surface area contributed by atoms with Crippen molar-refractivity contribution < 1.29 is 13.2 Å². The predicted octanol–water partition coefficient (Wildman–Crippen LogP) is -0.834. The van der Waals surface area contributed by atoms with Crippen LogP contribution in [0, 0.1) is 6.92 Å². The van der Waals surface area contributed by atoms with Gasteiger partial charge in [-0.1, -0.05) is 0 Å². The highest BCUT2D eigenvalue weighted by molar-refractivity contribution is 7.91. The SMILES string of the molecule is BN(C)S(=O)(=O)C(C)C(=O)c1ncc(C)cn1. The van der Waals surface area contributed by atoms with Crippen molar-refractivity contribution >= 4 is 23.8 Å². The largest absolute Gasteiger partial charge is 0.289 e. The molecule has 1 unspecified atom stereocenters. The maximum absolute atomic E-state index is 11.9. The minimum Gasteiger partial charge on any atom is -0.289 e. The molecular formula is C9H14BN3O3S. The van der Waals surface area contributed by atoms with Gasteiger partial charge in [-0.25, -0.2) is 18.4 Å². The van der Waals surface area contributed by atoms with Crippen molar-refractivity contribution in [2.75, 3.05) is 7.05 Å². The zero-order valence-electron chi connectivity index (χ0n) is 10.2. The number of nitrogens with zero attached hydrogens (tertiary/aromatic N) is 3. The number of hydrogen-bond acceptors (Lipinski definition) is 5. The van der Waals surface area contributed by atoms with E-state index in [4.69, 9.17) is 0 Å². The first-order valence-electron chi connectivity index (χ1n) is 5.01. The van der Waals surface area contributed by atoms with Crippen LogP contribution in [-0.2, 0) is 10.0 Å². The lowest BCUT2D eigenvalue weighted by Gasteiger charge is -2.16. The molecule has 0 aromatic carbocycles. The van der Waals surface area contributed by atoms with E-state index in [2.05, 4.69) is 9.97 Å². The summed E-state index contributed by atoms with van der Waals surface area (Å²) < 4.78 is 24.5. The summed E-state index contributed by atoms with van der Waals surface area (Å²) in [7, 11) is -0.863. The van der Waals surface area contributed by atoms with Gasteiger partial charge in [-0.15, -0.1) is 0 Å². The Balaban J connectivity index is 3.03. The average molecular weight is 255 g/mol. The van der Waals surface area contributed by atoms with Crippen molar-refractivity contribution in [1.82, 2.24) is 14.2 Å². The molecule has 1 heterocycles. The molecule has 1 aromatic rings. The Hall–Kier alpha value is -1.28. The monoisotopic (exact) mass is 255 g/mol. The van der Waals surface area contributed by atoms with Crippen LogP contribution in [0.25, 0.3) is 0 Å². The van der Waals surface area contributed by atoms with Gasteiger partial charge in [0.2, 0.25) is 23.8 Å². The van der Waals surface area contributed by atoms with Crippen molar-refractivity contribution in [2.45, 2.75) is 19.1 Å². The quantitative estimate of drug-likeness (QED) is 0.518. The molecule has 6 nitrogen and oxygen atoms in total. The number of carbonyl (C=O) groups is 1. The topological polar surface area (TPSA) is 80.2 Å². The first-order valence-corrected chi connectivity index (χ1v) is 6.51. The highest BCUT2D eigenvalue weighted by atomic mass is 32.2. The lowest BCUT2D eigenvalue weighted by atomic mass is 10.3. The molecule has 0 N–H and O–H groups in total. The molecular weight excluding hydrogens is 241 g/mol. The van der Waals surface area contributed by atoms with Crippen molar-refractivity contribution in [1.29, 1.82) is 0 Å². The Morgan fingerprint density at radius 3 is 2.29 bits per heavy atom. The Bertz CT molecular complexity index is 513. The van der Waals surface area contributed by atoms with Crippen LogP contribution in [0.2, 0.25) is 0 Å². The molecule has 0 saturated carbocycles. The van der Waals surface area contributed by atoms with Gasteiger partial charge in [0.1, 0.15) is 5.25 Å². The standard InChI is InChI=1S/C9H14BN3O3S/c1-6-4-11-9(12-5-6)8(14)7(2)17(15,16)13(3)10/h4-5,7H,10H2,1-3H3. The van der Waals surface area contributed by atoms with E-state index in [0.717, 1.165) is 9.78 Å². The summed E-state index contributed by atoms with van der Waals surface area (Å²) in [6.45, 7) is 3.12. The fraction of sp³-hybridized carbons (Fsp3) is 0.444. The fourth-order valence-electron chi connectivity index (χ4n) is 1.15. The molecule has 0 fully saturated rings. The summed E-state index contributed by atoms with van der Waals surface area (Å²) in [5.74, 6) is -0.674. The Morgan fingerprint density at radius 1 is 1.41 bits per heavy atom. The van der Waals surface area contributed by atoms with Crippen molar-refractivity contribution in [3.63, 3.8) is 0 Å². The molecule has 0 aliphatic rings. The van der Waals surface area contributed by atoms with Gasteiger partial charge in [0.15, 0.2) is 5.82 Å². The van der Waals surface area contributed by atoms with Crippen LogP contribution in [0.3, 0.4) is 0 Å². The zero-order valence-corrected chi connectivity index (χ0v) is 11.0. The first-order chi connectivity index (χ1) is 7.76. The third-order valence-corrected chi connectivity index (χ3v) is 4.45. The van der Waals surface area contributed by atoms with Gasteiger partial charge in [0.05, 0.1) is 0 Å². The first kappa shape index (κ1) is 13.8. The molecule has 0 amide bonds. The second-order valence-corrected chi connectivity index (χ2v) is 6.39. The minimum atomic E-state index is -3.63. The van der Waals surface area contributed by atoms with E-state index in [1.165, 1.54) is 34.3 Å². The van der Waals surface area contributed by atoms with E-state index >= 15 is 0 Å². The summed E-state index contributed by atoms with van der Waals surface area (Å²) >= 11 is 0. The van der Waals surface area contributed by atoms with Crippen LogP contribution < -0.4 is 0 Å². The van der Waals surface area contributed by atoms with Crippen molar-refractivity contribution in [2.24, 2.45) is 0 Å². The smallest absolute Gasteiger partial charge is 0.219 e. The van der Waals surface area contributed by atoms with Gasteiger partial charge in [-0.2, -0.15) is 0 Å². The Kier molecular flexibility index (Phi) is 4.00. The maximum Gasteiger partial charge on any atom is 0.219 e. The normalized spacial score (nSPS) is 13.6. The average Bonchev–Trinajstić information content (AvgIpc) is 2.27. The van der Waals surface area contributed by atoms with Crippen LogP contribution >= 0.6 is 0 Å². The molecule has 0 aliphatic carbocycles. The molecule has 1 atom stereocenters. The molecule has 1 aromatic heterocycles. The van der Waals surface area contributed by atoms with Crippen molar-refractivity contribution in [3.05, 3.63) is 23.8 Å². The summed E-state index contributed by atoms with van der Waals surface area (Å²) in [4.78, 5) is 19.5. The number of aromatic nitrogens is 2. The Morgan fingerprint density at radius 2 is 1.88 bits per heavy atom. The molecule has 0 spiro atoms. The van der Waals surface area contributed by atoms with E-state index in [1.807, 2.05) is 0 Å². The fourth-order valence-corrected chi connectivity index (χ4v) is 2.16. The number of hydrogen-bond donors (Lipinski definition) is 0. The molecule has 17 heavy (non-hydrogen) atoms. The number of rotatable bonds is 4. The molecule has 0 saturated heterocycles. The third kappa shape index (κ3) is 2.89. The van der Waals surface area contributed by atoms with Gasteiger partial charge in [0.25, 0.3) is 0 Å². The molecule has 8 heteroatoms. The summed E-state index contributed by atoms with van der Waals surface area (Å²) in [6, 6.07) is 0. The second-order valence-electron chi connectivity index (χ2n) is 3.92. The molecule has 0 bridgehead atoms. The third-order valence-electron chi connectivity index (χ3n) is 2.33. The van der Waals surface area contributed by atoms with Crippen LogP contribution in [-0.4, -0.2) is 48.7 Å². The van der Waals surface area contributed by atoms with Gasteiger partial charge in [-0.3, -0.25) is 9.01 Å². The minimum absolute atomic E-state index is 0.0754. The summed E-state index contributed by atoms with van der Waals surface area (Å²) in [5, 5.41) is -1.18. The van der Waals surface area contributed by atoms with E-state index in [-0.39, 0.29) is 5.82 Å². The van der Waals surface area contributed by atoms with Gasteiger partial charge in [-0.05, 0) is 26.5 Å². The van der Waals surface area contributed by atoms with Crippen LogP contribution in [0.15, 0.2) is 12.4 Å². The predicted molar refractivity (Wildman–Crippen MR) is 65.8 cm³/mol. The molecule has 1 rings (SSSR count). The van der Waals surface area contributed by atoms with Gasteiger partial charge in [0, 0.05) is 12.4 Å². The van der Waals surface area contributed by atoms with Crippen LogP contribution in [0.4, 0.5) is 0 Å². The van der Waals surface area contributed by atoms with Crippen molar-refractivity contribution in [3.8, 4) is 0 Å². The zero-order chi connectivity index (χ0) is 13.2. The molecule has 92 valence electrons. The highest BCUT2D eigenvalue weighted by Crippen LogP contribution is 2.09. The summed E-state index contributed by atoms with van der Waals surface area (Å²) in [6.07, 6.45) is 2.96. The number of aryl methyl sites for hydroxylation is 1. The lowest BCUT2D eigenvalue weighted by molar-refractivity contribution is 0.0980.